The molecule has 0 aliphatic carbocycles. The minimum atomic E-state index is -0.830. The summed E-state index contributed by atoms with van der Waals surface area (Å²) in [4.78, 5) is 11.1. The number of carbonyl (C=O) groups is 1. The number of allylic oxidation sites excluding steroid dienone is 1. The molecule has 90 valence electrons. The van der Waals surface area contributed by atoms with Gasteiger partial charge >= 0.3 is 0 Å². The van der Waals surface area contributed by atoms with Crippen LogP contribution in [-0.4, -0.2) is 36.1 Å². The van der Waals surface area contributed by atoms with E-state index in [1.807, 2.05) is 0 Å². The molecule has 2 fully saturated rings. The van der Waals surface area contributed by atoms with Gasteiger partial charge in [-0.1, -0.05) is 5.57 Å². The van der Waals surface area contributed by atoms with Gasteiger partial charge in [0.05, 0.1) is 37.6 Å². The summed E-state index contributed by atoms with van der Waals surface area (Å²) in [5, 5.41) is 11.1. The molecule has 2 aliphatic rings. The van der Waals surface area contributed by atoms with Gasteiger partial charge in [-0.3, -0.25) is 0 Å². The largest absolute Gasteiger partial charge is 0.550 e. The smallest absolute Gasteiger partial charge is 0.0978 e. The molecular weight excluding hydrogens is 202 g/mol. The maximum absolute atomic E-state index is 11.1. The Balaban J connectivity index is 2.15. The molecule has 0 N–H and O–H groups in total. The van der Waals surface area contributed by atoms with Gasteiger partial charge < -0.3 is 14.4 Å². The molecule has 0 radical (unpaired) electrons. The van der Waals surface area contributed by atoms with Gasteiger partial charge in [-0.25, -0.2) is 0 Å². The Bertz CT molecular complexity index is 320. The first kappa shape index (κ1) is 11.6. The lowest BCUT2D eigenvalue weighted by atomic mass is 9.98. The third-order valence-corrected chi connectivity index (χ3v) is 4.32. The third kappa shape index (κ3) is 1.88. The Kier molecular flexibility index (Phi) is 3.06. The van der Waals surface area contributed by atoms with Crippen LogP contribution in [0.1, 0.15) is 33.1 Å². The Morgan fingerprint density at radius 1 is 1.38 bits per heavy atom. The van der Waals surface area contributed by atoms with E-state index in [0.717, 1.165) is 37.0 Å². The number of carboxylic acid groups (broad SMARTS) is 1. The maximum atomic E-state index is 11.1. The number of nitrogens with zero attached hydrogens (tertiary/aromatic N) is 1. The molecule has 16 heavy (non-hydrogen) atoms. The molecule has 2 saturated heterocycles. The number of rotatable bonds is 3. The predicted molar refractivity (Wildman–Crippen MR) is 60.4 cm³/mol. The summed E-state index contributed by atoms with van der Waals surface area (Å²) in [6, 6.07) is 0.320. The van der Waals surface area contributed by atoms with Gasteiger partial charge in [0.1, 0.15) is 0 Å². The van der Waals surface area contributed by atoms with E-state index in [9.17, 15) is 9.90 Å². The summed E-state index contributed by atoms with van der Waals surface area (Å²) in [5.41, 5.74) is 1.33. The molecule has 0 saturated carbocycles. The Hall–Kier alpha value is -0.830. The van der Waals surface area contributed by atoms with Crippen molar-refractivity contribution in [2.75, 3.05) is 19.6 Å². The van der Waals surface area contributed by atoms with E-state index < -0.39 is 5.97 Å². The average Bonchev–Trinajstić information content (AvgIpc) is 2.71. The van der Waals surface area contributed by atoms with Crippen LogP contribution in [0.5, 0.6) is 0 Å². The summed E-state index contributed by atoms with van der Waals surface area (Å²) < 4.78 is 1.00. The molecule has 2 heterocycles. The topological polar surface area (TPSA) is 40.1 Å². The summed E-state index contributed by atoms with van der Waals surface area (Å²) in [5.74, 6) is -1.03. The molecule has 0 aromatic rings. The van der Waals surface area contributed by atoms with E-state index in [1.54, 1.807) is 0 Å². The minimum Gasteiger partial charge on any atom is -0.550 e. The molecule has 3 nitrogen and oxygen atoms in total. The Morgan fingerprint density at radius 3 is 2.75 bits per heavy atom. The van der Waals surface area contributed by atoms with Crippen molar-refractivity contribution in [1.82, 2.24) is 0 Å². The number of aliphatic carboxylic acids is 1. The molecule has 3 heteroatoms. The highest BCUT2D eigenvalue weighted by atomic mass is 16.4. The minimum absolute atomic E-state index is 0.201. The number of carbonyl (C=O) groups excluding carboxylic acids is 1. The summed E-state index contributed by atoms with van der Waals surface area (Å²) in [6.45, 7) is 7.40. The second-order valence-corrected chi connectivity index (χ2v) is 5.55. The average molecular weight is 223 g/mol. The second kappa shape index (κ2) is 4.21. The normalized spacial score (nSPS) is 37.1. The van der Waals surface area contributed by atoms with Crippen molar-refractivity contribution < 1.29 is 14.4 Å². The van der Waals surface area contributed by atoms with Gasteiger partial charge in [-0.2, -0.15) is 0 Å². The molecule has 0 amide bonds. The first-order valence-corrected chi connectivity index (χ1v) is 6.25. The summed E-state index contributed by atoms with van der Waals surface area (Å²) in [7, 11) is 0. The lowest BCUT2D eigenvalue weighted by molar-refractivity contribution is -0.923. The first-order chi connectivity index (χ1) is 7.55. The van der Waals surface area contributed by atoms with Crippen molar-refractivity contribution in [1.29, 1.82) is 0 Å². The Morgan fingerprint density at radius 2 is 2.12 bits per heavy atom. The summed E-state index contributed by atoms with van der Waals surface area (Å²) in [6.07, 6.45) is 5.31. The fourth-order valence-electron chi connectivity index (χ4n) is 3.46. The van der Waals surface area contributed by atoms with Gasteiger partial charge in [0.2, 0.25) is 0 Å². The zero-order valence-corrected chi connectivity index (χ0v) is 10.2. The molecule has 1 unspecified atom stereocenters. The monoisotopic (exact) mass is 223 g/mol. The van der Waals surface area contributed by atoms with E-state index in [0.29, 0.717) is 6.04 Å². The number of carboxylic acids is 1. The van der Waals surface area contributed by atoms with Crippen molar-refractivity contribution in [2.24, 2.45) is 5.92 Å². The highest BCUT2D eigenvalue weighted by molar-refractivity contribution is 5.68. The van der Waals surface area contributed by atoms with E-state index in [2.05, 4.69) is 19.9 Å². The lowest BCUT2D eigenvalue weighted by Gasteiger charge is -2.35. The van der Waals surface area contributed by atoms with Crippen LogP contribution >= 0.6 is 0 Å². The standard InChI is InChI=1S/C13H21NO2/c1-10(2)5-8-14-7-3-4-12(14)11(6-9-14)13(15)16/h5,11-12H,3-4,6-9H2,1-2H3/t11-,12-,14?/m1/s1. The quantitative estimate of drug-likeness (QED) is 0.522. The third-order valence-electron chi connectivity index (χ3n) is 4.32. The lowest BCUT2D eigenvalue weighted by Crippen LogP contribution is -2.51. The summed E-state index contributed by atoms with van der Waals surface area (Å²) >= 11 is 0. The van der Waals surface area contributed by atoms with Gasteiger partial charge in [0, 0.05) is 19.3 Å². The SMILES string of the molecule is CC(C)=CC[N+]12CCC[C@@H]1[C@H](C(=O)[O-])CC2. The Labute approximate surface area is 97.3 Å². The molecule has 0 aromatic heterocycles. The number of fused-ring (bicyclic) bond motifs is 1. The molecule has 0 bridgehead atoms. The van der Waals surface area contributed by atoms with E-state index in [1.165, 1.54) is 12.0 Å². The van der Waals surface area contributed by atoms with Crippen LogP contribution in [0.2, 0.25) is 0 Å². The molecule has 2 rings (SSSR count). The molecule has 3 atom stereocenters. The second-order valence-electron chi connectivity index (χ2n) is 5.55. The van der Waals surface area contributed by atoms with Crippen molar-refractivity contribution in [3.8, 4) is 0 Å². The molecule has 0 spiro atoms. The molecule has 2 aliphatic heterocycles. The molecular formula is C13H21NO2. The van der Waals surface area contributed by atoms with Gasteiger partial charge in [0.15, 0.2) is 0 Å². The van der Waals surface area contributed by atoms with Crippen molar-refractivity contribution in [2.45, 2.75) is 39.2 Å². The zero-order chi connectivity index (χ0) is 11.8. The first-order valence-electron chi connectivity index (χ1n) is 6.25. The van der Waals surface area contributed by atoms with Crippen molar-refractivity contribution in [3.63, 3.8) is 0 Å². The van der Waals surface area contributed by atoms with Crippen LogP contribution in [0.4, 0.5) is 0 Å². The molecule has 0 aromatic carbocycles. The zero-order valence-electron chi connectivity index (χ0n) is 10.2. The highest BCUT2D eigenvalue weighted by Crippen LogP contribution is 2.40. The van der Waals surface area contributed by atoms with Crippen LogP contribution in [0.15, 0.2) is 11.6 Å². The van der Waals surface area contributed by atoms with E-state index in [-0.39, 0.29) is 5.92 Å². The highest BCUT2D eigenvalue weighted by Gasteiger charge is 2.50. The number of quaternary nitrogens is 1. The number of hydrogen-bond donors (Lipinski definition) is 0. The number of hydrogen-bond acceptors (Lipinski definition) is 2. The fraction of sp³-hybridized carbons (Fsp3) is 0.769. The van der Waals surface area contributed by atoms with Crippen molar-refractivity contribution >= 4 is 5.97 Å². The van der Waals surface area contributed by atoms with Gasteiger partial charge in [0.25, 0.3) is 0 Å². The van der Waals surface area contributed by atoms with E-state index >= 15 is 0 Å². The van der Waals surface area contributed by atoms with Crippen LogP contribution in [-0.2, 0) is 4.79 Å². The van der Waals surface area contributed by atoms with Crippen LogP contribution in [0, 0.1) is 5.92 Å². The van der Waals surface area contributed by atoms with Crippen molar-refractivity contribution in [3.05, 3.63) is 11.6 Å². The van der Waals surface area contributed by atoms with Crippen LogP contribution in [0.25, 0.3) is 0 Å². The van der Waals surface area contributed by atoms with Gasteiger partial charge in [-0.05, 0) is 19.9 Å². The van der Waals surface area contributed by atoms with Crippen LogP contribution in [0.3, 0.4) is 0 Å². The van der Waals surface area contributed by atoms with E-state index in [4.69, 9.17) is 0 Å². The fourth-order valence-corrected chi connectivity index (χ4v) is 3.46. The predicted octanol–water partition coefficient (Wildman–Crippen LogP) is 0.702. The van der Waals surface area contributed by atoms with Crippen LogP contribution < -0.4 is 5.11 Å². The maximum Gasteiger partial charge on any atom is 0.0978 e. The van der Waals surface area contributed by atoms with Gasteiger partial charge in [-0.15, -0.1) is 0 Å².